The van der Waals surface area contributed by atoms with Crippen LogP contribution in [0, 0.1) is 0 Å². The van der Waals surface area contributed by atoms with E-state index in [1.165, 1.54) is 0 Å². The lowest BCUT2D eigenvalue weighted by Gasteiger charge is -2.07. The lowest BCUT2D eigenvalue weighted by atomic mass is 10.1. The molecule has 0 saturated carbocycles. The predicted molar refractivity (Wildman–Crippen MR) is 101 cm³/mol. The Kier molecular flexibility index (Phi) is 4.44. The van der Waals surface area contributed by atoms with Gasteiger partial charge in [-0.2, -0.15) is 10.1 Å². The first-order valence-electron chi connectivity index (χ1n) is 7.88. The minimum absolute atomic E-state index is 0.0203. The van der Waals surface area contributed by atoms with Gasteiger partial charge in [0.05, 0.1) is 24.7 Å². The molecule has 0 N–H and O–H groups in total. The van der Waals surface area contributed by atoms with Crippen molar-refractivity contribution in [2.45, 2.75) is 13.1 Å². The van der Waals surface area contributed by atoms with Crippen molar-refractivity contribution in [2.24, 2.45) is 0 Å². The number of halogens is 2. The van der Waals surface area contributed by atoms with E-state index in [9.17, 15) is 4.79 Å². The van der Waals surface area contributed by atoms with E-state index in [2.05, 4.69) is 15.1 Å². The van der Waals surface area contributed by atoms with Gasteiger partial charge in [-0.1, -0.05) is 41.9 Å². The van der Waals surface area contributed by atoms with Gasteiger partial charge in [0.15, 0.2) is 5.65 Å². The molecule has 6 nitrogen and oxygen atoms in total. The molecule has 0 unspecified atom stereocenters. The first-order chi connectivity index (χ1) is 12.6. The molecule has 0 saturated heterocycles. The van der Waals surface area contributed by atoms with Crippen LogP contribution in [0.25, 0.3) is 11.0 Å². The van der Waals surface area contributed by atoms with E-state index in [0.717, 1.165) is 11.1 Å². The summed E-state index contributed by atoms with van der Waals surface area (Å²) in [5.41, 5.74) is 2.66. The Hall–Kier alpha value is -2.70. The van der Waals surface area contributed by atoms with E-state index >= 15 is 0 Å². The molecule has 130 valence electrons. The highest BCUT2D eigenvalue weighted by atomic mass is 35.5. The summed E-state index contributed by atoms with van der Waals surface area (Å²) in [4.78, 5) is 19.9. The topological polar surface area (TPSA) is 65.6 Å². The van der Waals surface area contributed by atoms with Gasteiger partial charge in [0, 0.05) is 12.3 Å². The van der Waals surface area contributed by atoms with Crippen molar-refractivity contribution >= 4 is 34.2 Å². The molecule has 0 aliphatic rings. The minimum Gasteiger partial charge on any atom is -0.311 e. The largest absolute Gasteiger partial charge is 0.311 e. The Morgan fingerprint density at radius 1 is 0.923 bits per heavy atom. The maximum atomic E-state index is 11.8. The Balaban J connectivity index is 1.57. The molecule has 4 rings (SSSR count). The molecule has 4 aromatic rings. The molecule has 0 aliphatic heterocycles. The Bertz CT molecular complexity index is 1130. The number of hydrogen-bond donors (Lipinski definition) is 0. The van der Waals surface area contributed by atoms with Crippen molar-refractivity contribution in [3.8, 4) is 0 Å². The molecular formula is C18H13Cl2N5O. The minimum atomic E-state index is -0.0203. The Labute approximate surface area is 158 Å². The van der Waals surface area contributed by atoms with Gasteiger partial charge < -0.3 is 4.57 Å². The fourth-order valence-corrected chi connectivity index (χ4v) is 3.14. The summed E-state index contributed by atoms with van der Waals surface area (Å²) in [5, 5.41) is 5.36. The Morgan fingerprint density at radius 3 is 2.38 bits per heavy atom. The van der Waals surface area contributed by atoms with Gasteiger partial charge >= 0.3 is 0 Å². The monoisotopic (exact) mass is 385 g/mol. The van der Waals surface area contributed by atoms with Gasteiger partial charge in [-0.15, -0.1) is 0 Å². The summed E-state index contributed by atoms with van der Waals surface area (Å²) in [6.07, 6.45) is 3.41. The summed E-state index contributed by atoms with van der Waals surface area (Å²) in [6, 6.07) is 13.1. The van der Waals surface area contributed by atoms with Crippen LogP contribution in [-0.4, -0.2) is 24.3 Å². The van der Waals surface area contributed by atoms with Crippen LogP contribution in [0.2, 0.25) is 10.4 Å². The number of pyridine rings is 1. The summed E-state index contributed by atoms with van der Waals surface area (Å²) in [6.45, 7) is 1.06. The summed E-state index contributed by atoms with van der Waals surface area (Å²) in [7, 11) is 0. The van der Waals surface area contributed by atoms with E-state index in [1.54, 1.807) is 33.8 Å². The molecule has 8 heteroatoms. The van der Waals surface area contributed by atoms with E-state index in [4.69, 9.17) is 23.2 Å². The quantitative estimate of drug-likeness (QED) is 0.398. The molecule has 3 aromatic heterocycles. The van der Waals surface area contributed by atoms with Crippen molar-refractivity contribution < 1.29 is 0 Å². The molecule has 0 fully saturated rings. The van der Waals surface area contributed by atoms with E-state index in [0.29, 0.717) is 24.1 Å². The summed E-state index contributed by atoms with van der Waals surface area (Å²) < 4.78 is 3.39. The third-order valence-corrected chi connectivity index (χ3v) is 4.49. The standard InChI is InChI=1S/C18H13Cl2N5O/c19-16-14-9-21-25(17(14)23-18(20)22-16)11-13-6-4-12(5-7-13)10-24-8-2-1-3-15(24)26/h1-9H,10-11H2. The smallest absolute Gasteiger partial charge is 0.250 e. The SMILES string of the molecule is O=c1ccccn1Cc1ccc(Cn2ncc3c(Cl)nc(Cl)nc32)cc1. The highest BCUT2D eigenvalue weighted by Crippen LogP contribution is 2.22. The third kappa shape index (κ3) is 3.34. The highest BCUT2D eigenvalue weighted by molar-refractivity contribution is 6.35. The van der Waals surface area contributed by atoms with Crippen LogP contribution in [0.4, 0.5) is 0 Å². The van der Waals surface area contributed by atoms with Crippen LogP contribution >= 0.6 is 23.2 Å². The molecule has 3 heterocycles. The number of aromatic nitrogens is 5. The number of benzene rings is 1. The number of rotatable bonds is 4. The molecule has 0 atom stereocenters. The second kappa shape index (κ2) is 6.90. The summed E-state index contributed by atoms with van der Waals surface area (Å²) in [5.74, 6) is 0. The second-order valence-corrected chi connectivity index (χ2v) is 6.50. The fraction of sp³-hybridized carbons (Fsp3) is 0.111. The summed E-state index contributed by atoms with van der Waals surface area (Å²) >= 11 is 12.0. The van der Waals surface area contributed by atoms with Crippen LogP contribution in [0.15, 0.2) is 59.7 Å². The highest BCUT2D eigenvalue weighted by Gasteiger charge is 2.11. The molecule has 26 heavy (non-hydrogen) atoms. The zero-order valence-electron chi connectivity index (χ0n) is 13.5. The van der Waals surface area contributed by atoms with Gasteiger partial charge in [-0.05, 0) is 28.8 Å². The molecule has 0 amide bonds. The number of fused-ring (bicyclic) bond motifs is 1. The molecule has 0 radical (unpaired) electrons. The second-order valence-electron chi connectivity index (χ2n) is 5.81. The molecule has 1 aromatic carbocycles. The lowest BCUT2D eigenvalue weighted by Crippen LogP contribution is -2.18. The van der Waals surface area contributed by atoms with Crippen LogP contribution in [0.3, 0.4) is 0 Å². The van der Waals surface area contributed by atoms with Crippen molar-refractivity contribution in [3.63, 3.8) is 0 Å². The molecular weight excluding hydrogens is 373 g/mol. The van der Waals surface area contributed by atoms with Crippen molar-refractivity contribution in [3.05, 3.63) is 86.8 Å². The van der Waals surface area contributed by atoms with Gasteiger partial charge in [0.25, 0.3) is 5.56 Å². The van der Waals surface area contributed by atoms with Crippen LogP contribution in [0.1, 0.15) is 11.1 Å². The zero-order valence-corrected chi connectivity index (χ0v) is 15.0. The maximum absolute atomic E-state index is 11.8. The molecule has 0 aliphatic carbocycles. The maximum Gasteiger partial charge on any atom is 0.250 e. The normalized spacial score (nSPS) is 11.2. The van der Waals surface area contributed by atoms with E-state index in [-0.39, 0.29) is 16.0 Å². The molecule has 0 spiro atoms. The average molecular weight is 386 g/mol. The van der Waals surface area contributed by atoms with Gasteiger partial charge in [0.1, 0.15) is 5.15 Å². The first kappa shape index (κ1) is 16.8. The third-order valence-electron chi connectivity index (χ3n) is 4.03. The first-order valence-corrected chi connectivity index (χ1v) is 8.63. The fourth-order valence-electron chi connectivity index (χ4n) is 2.72. The average Bonchev–Trinajstić information content (AvgIpc) is 3.02. The Morgan fingerprint density at radius 2 is 1.65 bits per heavy atom. The van der Waals surface area contributed by atoms with Crippen molar-refractivity contribution in [1.82, 2.24) is 24.3 Å². The van der Waals surface area contributed by atoms with Gasteiger partial charge in [0.2, 0.25) is 5.28 Å². The van der Waals surface area contributed by atoms with Crippen LogP contribution < -0.4 is 5.56 Å². The van der Waals surface area contributed by atoms with Crippen LogP contribution in [-0.2, 0) is 13.1 Å². The van der Waals surface area contributed by atoms with E-state index < -0.39 is 0 Å². The number of hydrogen-bond acceptors (Lipinski definition) is 4. The predicted octanol–water partition coefficient (Wildman–Crippen LogP) is 3.39. The number of nitrogens with zero attached hydrogens (tertiary/aromatic N) is 5. The zero-order chi connectivity index (χ0) is 18.1. The van der Waals surface area contributed by atoms with Crippen LogP contribution in [0.5, 0.6) is 0 Å². The van der Waals surface area contributed by atoms with Gasteiger partial charge in [-0.3, -0.25) is 4.79 Å². The van der Waals surface area contributed by atoms with Gasteiger partial charge in [-0.25, -0.2) is 9.67 Å². The van der Waals surface area contributed by atoms with E-state index in [1.807, 2.05) is 30.3 Å². The lowest BCUT2D eigenvalue weighted by molar-refractivity contribution is 0.702. The van der Waals surface area contributed by atoms with Crippen molar-refractivity contribution in [2.75, 3.05) is 0 Å². The molecule has 0 bridgehead atoms. The van der Waals surface area contributed by atoms with Crippen molar-refractivity contribution in [1.29, 1.82) is 0 Å².